The summed E-state index contributed by atoms with van der Waals surface area (Å²) >= 11 is 0. The second-order valence-corrected chi connectivity index (χ2v) is 3.53. The van der Waals surface area contributed by atoms with Crippen LogP contribution in [0.15, 0.2) is 24.3 Å². The van der Waals surface area contributed by atoms with Crippen molar-refractivity contribution in [3.8, 4) is 0 Å². The molecule has 0 heterocycles. The highest BCUT2D eigenvalue weighted by Gasteiger charge is 2.13. The Morgan fingerprint density at radius 2 is 2.11 bits per heavy atom. The number of ether oxygens (including phenoxy) is 1. The van der Waals surface area contributed by atoms with Gasteiger partial charge in [0.15, 0.2) is 0 Å². The van der Waals surface area contributed by atoms with Gasteiger partial charge in [-0.15, -0.1) is 0 Å². The van der Waals surface area contributed by atoms with Crippen LogP contribution in [-0.4, -0.2) is 35.6 Å². The van der Waals surface area contributed by atoms with Crippen LogP contribution in [0.1, 0.15) is 13.3 Å². The lowest BCUT2D eigenvalue weighted by Gasteiger charge is -2.06. The van der Waals surface area contributed by atoms with E-state index in [9.17, 15) is 9.59 Å². The van der Waals surface area contributed by atoms with E-state index in [2.05, 4.69) is 10.1 Å². The normalized spacial score (nSPS) is 9.72. The van der Waals surface area contributed by atoms with Crippen molar-refractivity contribution in [2.75, 3.05) is 11.9 Å². The third-order valence-corrected chi connectivity index (χ3v) is 2.08. The largest absolute Gasteiger partial charge is 0.488 e. The Kier molecular flexibility index (Phi) is 5.35. The van der Waals surface area contributed by atoms with E-state index in [0.29, 0.717) is 5.69 Å². The minimum Gasteiger partial charge on any atom is -0.466 e. The van der Waals surface area contributed by atoms with Gasteiger partial charge in [0.25, 0.3) is 0 Å². The van der Waals surface area contributed by atoms with Crippen molar-refractivity contribution in [1.29, 1.82) is 0 Å². The Morgan fingerprint density at radius 3 is 2.72 bits per heavy atom. The zero-order valence-corrected chi connectivity index (χ0v) is 9.92. The van der Waals surface area contributed by atoms with Gasteiger partial charge < -0.3 is 20.1 Å². The molecule has 3 N–H and O–H groups in total. The van der Waals surface area contributed by atoms with Crippen LogP contribution in [0.5, 0.6) is 0 Å². The van der Waals surface area contributed by atoms with Gasteiger partial charge in [-0.2, -0.15) is 0 Å². The third-order valence-electron chi connectivity index (χ3n) is 2.08. The minimum absolute atomic E-state index is 0.221. The second kappa shape index (κ2) is 6.78. The summed E-state index contributed by atoms with van der Waals surface area (Å²) in [7, 11) is -1.60. The molecule has 7 heteroatoms. The van der Waals surface area contributed by atoms with E-state index in [1.807, 2.05) is 0 Å². The number of nitrogens with one attached hydrogen (secondary N) is 1. The van der Waals surface area contributed by atoms with E-state index in [1.165, 1.54) is 12.1 Å². The van der Waals surface area contributed by atoms with Crippen molar-refractivity contribution >= 4 is 30.1 Å². The molecule has 1 aromatic rings. The number of amides is 1. The molecule has 0 aromatic heterocycles. The number of carbonyl (C=O) groups is 2. The Labute approximate surface area is 105 Å². The number of carbonyl (C=O) groups excluding carboxylic acids is 2. The molecule has 0 bridgehead atoms. The van der Waals surface area contributed by atoms with Gasteiger partial charge in [0.05, 0.1) is 6.61 Å². The van der Waals surface area contributed by atoms with E-state index >= 15 is 0 Å². The molecular formula is C11H14BNO5. The van der Waals surface area contributed by atoms with E-state index < -0.39 is 19.0 Å². The molecule has 0 unspecified atom stereocenters. The number of rotatable bonds is 5. The van der Waals surface area contributed by atoms with E-state index in [-0.39, 0.29) is 18.5 Å². The van der Waals surface area contributed by atoms with Crippen LogP contribution in [0.2, 0.25) is 0 Å². The van der Waals surface area contributed by atoms with Crippen LogP contribution in [0.25, 0.3) is 0 Å². The van der Waals surface area contributed by atoms with Gasteiger partial charge in [0.2, 0.25) is 5.91 Å². The van der Waals surface area contributed by atoms with Gasteiger partial charge in [-0.3, -0.25) is 9.59 Å². The Morgan fingerprint density at radius 1 is 1.39 bits per heavy atom. The van der Waals surface area contributed by atoms with Gasteiger partial charge in [0.1, 0.15) is 6.42 Å². The average Bonchev–Trinajstić information content (AvgIpc) is 2.29. The van der Waals surface area contributed by atoms with Crippen LogP contribution in [0, 0.1) is 0 Å². The Bertz CT molecular complexity index is 435. The maximum atomic E-state index is 11.4. The number of esters is 1. The lowest BCUT2D eigenvalue weighted by molar-refractivity contribution is -0.145. The molecule has 0 aliphatic heterocycles. The van der Waals surface area contributed by atoms with Crippen molar-refractivity contribution in [3.63, 3.8) is 0 Å². The van der Waals surface area contributed by atoms with E-state index in [4.69, 9.17) is 10.0 Å². The molecule has 0 saturated heterocycles. The van der Waals surface area contributed by atoms with Crippen molar-refractivity contribution in [1.82, 2.24) is 0 Å². The molecule has 0 radical (unpaired) electrons. The summed E-state index contributed by atoms with van der Waals surface area (Å²) in [5.74, 6) is -1.12. The molecule has 0 fully saturated rings. The summed E-state index contributed by atoms with van der Waals surface area (Å²) in [5.41, 5.74) is 0.638. The lowest BCUT2D eigenvalue weighted by atomic mass is 9.80. The smallest absolute Gasteiger partial charge is 0.466 e. The van der Waals surface area contributed by atoms with Gasteiger partial charge in [-0.25, -0.2) is 0 Å². The predicted octanol–water partition coefficient (Wildman–Crippen LogP) is -0.742. The Hall–Kier alpha value is -1.86. The molecular weight excluding hydrogens is 237 g/mol. The second-order valence-electron chi connectivity index (χ2n) is 3.53. The summed E-state index contributed by atoms with van der Waals surface area (Å²) in [4.78, 5) is 22.5. The number of anilines is 1. The van der Waals surface area contributed by atoms with Crippen molar-refractivity contribution in [3.05, 3.63) is 24.3 Å². The van der Waals surface area contributed by atoms with Crippen molar-refractivity contribution < 1.29 is 24.4 Å². The average molecular weight is 251 g/mol. The summed E-state index contributed by atoms with van der Waals surface area (Å²) in [6, 6.07) is 6.06. The minimum atomic E-state index is -1.60. The third kappa shape index (κ3) is 4.56. The predicted molar refractivity (Wildman–Crippen MR) is 66.1 cm³/mol. The topological polar surface area (TPSA) is 95.9 Å². The molecule has 96 valence electrons. The molecule has 0 spiro atoms. The standard InChI is InChI=1S/C11H14BNO5/c1-2-18-11(15)7-10(14)13-9-5-3-4-8(6-9)12(16)17/h3-6,16-17H,2,7H2,1H3,(H,13,14). The summed E-state index contributed by atoms with van der Waals surface area (Å²) in [5, 5.41) is 20.4. The quantitative estimate of drug-likeness (QED) is 0.364. The Balaban J connectivity index is 2.59. The SMILES string of the molecule is CCOC(=O)CC(=O)Nc1cccc(B(O)O)c1. The maximum absolute atomic E-state index is 11.4. The molecule has 6 nitrogen and oxygen atoms in total. The van der Waals surface area contributed by atoms with E-state index in [1.54, 1.807) is 19.1 Å². The highest BCUT2D eigenvalue weighted by Crippen LogP contribution is 2.05. The molecule has 0 aliphatic rings. The fourth-order valence-corrected chi connectivity index (χ4v) is 1.33. The van der Waals surface area contributed by atoms with Gasteiger partial charge >= 0.3 is 13.1 Å². The molecule has 1 amide bonds. The van der Waals surface area contributed by atoms with Crippen LogP contribution < -0.4 is 10.8 Å². The number of hydrogen-bond acceptors (Lipinski definition) is 5. The monoisotopic (exact) mass is 251 g/mol. The van der Waals surface area contributed by atoms with Crippen molar-refractivity contribution in [2.24, 2.45) is 0 Å². The molecule has 1 rings (SSSR count). The zero-order chi connectivity index (χ0) is 13.5. The molecule has 0 atom stereocenters. The van der Waals surface area contributed by atoms with Gasteiger partial charge in [-0.05, 0) is 24.5 Å². The van der Waals surface area contributed by atoms with Crippen LogP contribution in [0.4, 0.5) is 5.69 Å². The first-order valence-electron chi connectivity index (χ1n) is 5.44. The first-order chi connectivity index (χ1) is 8.52. The fourth-order valence-electron chi connectivity index (χ4n) is 1.33. The highest BCUT2D eigenvalue weighted by molar-refractivity contribution is 6.58. The summed E-state index contributed by atoms with van der Waals surface area (Å²) in [6.45, 7) is 1.88. The molecule has 1 aromatic carbocycles. The maximum Gasteiger partial charge on any atom is 0.488 e. The zero-order valence-electron chi connectivity index (χ0n) is 9.92. The van der Waals surface area contributed by atoms with Crippen LogP contribution >= 0.6 is 0 Å². The van der Waals surface area contributed by atoms with Crippen molar-refractivity contribution in [2.45, 2.75) is 13.3 Å². The molecule has 0 aliphatic carbocycles. The van der Waals surface area contributed by atoms with Crippen LogP contribution in [-0.2, 0) is 14.3 Å². The first kappa shape index (κ1) is 14.2. The fraction of sp³-hybridized carbons (Fsp3) is 0.273. The van der Waals surface area contributed by atoms with E-state index in [0.717, 1.165) is 0 Å². The first-order valence-corrected chi connectivity index (χ1v) is 5.44. The highest BCUT2D eigenvalue weighted by atomic mass is 16.5. The number of hydrogen-bond donors (Lipinski definition) is 3. The lowest BCUT2D eigenvalue weighted by Crippen LogP contribution is -2.30. The molecule has 0 saturated carbocycles. The summed E-state index contributed by atoms with van der Waals surface area (Å²) < 4.78 is 4.63. The van der Waals surface area contributed by atoms with Gasteiger partial charge in [-0.1, -0.05) is 12.1 Å². The van der Waals surface area contributed by atoms with Crippen LogP contribution in [0.3, 0.4) is 0 Å². The molecule has 18 heavy (non-hydrogen) atoms. The summed E-state index contributed by atoms with van der Waals surface area (Å²) in [6.07, 6.45) is -0.375. The number of benzene rings is 1. The van der Waals surface area contributed by atoms with Gasteiger partial charge in [0, 0.05) is 5.69 Å².